The minimum absolute atomic E-state index is 0.0279. The molecule has 0 atom stereocenters. The first-order valence-electron chi connectivity index (χ1n) is 3.39. The molecule has 0 aliphatic heterocycles. The van der Waals surface area contributed by atoms with E-state index >= 15 is 0 Å². The minimum atomic E-state index is -4.11. The van der Waals surface area contributed by atoms with Crippen molar-refractivity contribution in [2.24, 2.45) is 5.18 Å². The molecule has 0 saturated carbocycles. The molecule has 6 heteroatoms. The molecular formula is C7H7NO4S. The molecule has 0 heterocycles. The largest absolute Gasteiger partial charge is 0.285 e. The van der Waals surface area contributed by atoms with E-state index in [-0.39, 0.29) is 11.3 Å². The third-order valence-corrected chi connectivity index (χ3v) is 2.10. The van der Waals surface area contributed by atoms with Gasteiger partial charge >= 0.3 is 0 Å². The van der Waals surface area contributed by atoms with Crippen LogP contribution in [-0.4, -0.2) is 13.0 Å². The standard InChI is InChI=1S/C7H7NO4S/c9-8-7-4-2-1-3-6(7)5-13(10,11)12/h1-4H,5H2,(H,10,11,12). The molecule has 0 fully saturated rings. The molecule has 0 amide bonds. The van der Waals surface area contributed by atoms with Gasteiger partial charge in [-0.15, -0.1) is 4.91 Å². The lowest BCUT2D eigenvalue weighted by Gasteiger charge is -1.99. The predicted octanol–water partition coefficient (Wildman–Crippen LogP) is 1.47. The molecule has 0 bridgehead atoms. The molecule has 0 spiro atoms. The van der Waals surface area contributed by atoms with Crippen LogP contribution in [0.1, 0.15) is 5.56 Å². The van der Waals surface area contributed by atoms with Crippen LogP contribution in [-0.2, 0) is 15.9 Å². The fourth-order valence-electron chi connectivity index (χ4n) is 0.918. The zero-order valence-electron chi connectivity index (χ0n) is 6.54. The molecule has 1 aromatic carbocycles. The summed E-state index contributed by atoms with van der Waals surface area (Å²) in [6.45, 7) is 0. The van der Waals surface area contributed by atoms with Crippen LogP contribution >= 0.6 is 0 Å². The Morgan fingerprint density at radius 2 is 1.92 bits per heavy atom. The molecule has 0 aromatic heterocycles. The van der Waals surface area contributed by atoms with Crippen LogP contribution < -0.4 is 0 Å². The highest BCUT2D eigenvalue weighted by Gasteiger charge is 2.10. The molecular weight excluding hydrogens is 194 g/mol. The molecule has 0 saturated heterocycles. The number of hydrogen-bond acceptors (Lipinski definition) is 4. The first kappa shape index (κ1) is 9.82. The van der Waals surface area contributed by atoms with Gasteiger partial charge in [0.1, 0.15) is 11.4 Å². The van der Waals surface area contributed by atoms with Crippen molar-refractivity contribution in [3.63, 3.8) is 0 Å². The van der Waals surface area contributed by atoms with Crippen LogP contribution in [0.15, 0.2) is 29.4 Å². The van der Waals surface area contributed by atoms with Gasteiger partial charge in [0.05, 0.1) is 0 Å². The Labute approximate surface area is 75.1 Å². The molecule has 1 aromatic rings. The summed E-state index contributed by atoms with van der Waals surface area (Å²) in [5, 5.41) is 2.63. The van der Waals surface area contributed by atoms with E-state index in [1.54, 1.807) is 12.1 Å². The van der Waals surface area contributed by atoms with Crippen LogP contribution in [0.4, 0.5) is 5.69 Å². The van der Waals surface area contributed by atoms with E-state index in [1.807, 2.05) is 0 Å². The van der Waals surface area contributed by atoms with Crippen molar-refractivity contribution in [3.05, 3.63) is 34.7 Å². The zero-order valence-corrected chi connectivity index (χ0v) is 7.36. The first-order chi connectivity index (χ1) is 6.03. The van der Waals surface area contributed by atoms with E-state index in [0.29, 0.717) is 0 Å². The Morgan fingerprint density at radius 1 is 1.31 bits per heavy atom. The van der Waals surface area contributed by atoms with E-state index in [4.69, 9.17) is 4.55 Å². The number of benzene rings is 1. The van der Waals surface area contributed by atoms with Crippen molar-refractivity contribution in [1.82, 2.24) is 0 Å². The third-order valence-electron chi connectivity index (χ3n) is 1.43. The van der Waals surface area contributed by atoms with Gasteiger partial charge in [0, 0.05) is 0 Å². The van der Waals surface area contributed by atoms with Crippen molar-refractivity contribution >= 4 is 15.8 Å². The molecule has 70 valence electrons. The monoisotopic (exact) mass is 201 g/mol. The lowest BCUT2D eigenvalue weighted by atomic mass is 10.2. The summed E-state index contributed by atoms with van der Waals surface area (Å²) in [4.78, 5) is 10.2. The Bertz CT molecular complexity index is 412. The maximum atomic E-state index is 10.5. The van der Waals surface area contributed by atoms with Crippen LogP contribution in [0, 0.1) is 4.91 Å². The highest BCUT2D eigenvalue weighted by molar-refractivity contribution is 7.85. The SMILES string of the molecule is O=Nc1ccccc1CS(=O)(=O)O. The van der Waals surface area contributed by atoms with Crippen molar-refractivity contribution in [3.8, 4) is 0 Å². The average Bonchev–Trinajstić information content (AvgIpc) is 2.02. The van der Waals surface area contributed by atoms with Gasteiger partial charge < -0.3 is 0 Å². The van der Waals surface area contributed by atoms with Gasteiger partial charge in [-0.25, -0.2) is 0 Å². The van der Waals surface area contributed by atoms with E-state index in [0.717, 1.165) is 0 Å². The van der Waals surface area contributed by atoms with Gasteiger partial charge in [-0.05, 0) is 16.8 Å². The van der Waals surface area contributed by atoms with Crippen LogP contribution in [0.25, 0.3) is 0 Å². The first-order valence-corrected chi connectivity index (χ1v) is 5.00. The number of nitrogens with zero attached hydrogens (tertiary/aromatic N) is 1. The average molecular weight is 201 g/mol. The van der Waals surface area contributed by atoms with Gasteiger partial charge in [0.25, 0.3) is 10.1 Å². The molecule has 0 radical (unpaired) electrons. The van der Waals surface area contributed by atoms with E-state index in [9.17, 15) is 13.3 Å². The fourth-order valence-corrected chi connectivity index (χ4v) is 1.56. The Hall–Kier alpha value is -1.27. The smallest absolute Gasteiger partial charge is 0.269 e. The molecule has 1 N–H and O–H groups in total. The summed E-state index contributed by atoms with van der Waals surface area (Å²) >= 11 is 0. The van der Waals surface area contributed by atoms with Crippen molar-refractivity contribution < 1.29 is 13.0 Å². The molecule has 0 aliphatic carbocycles. The predicted molar refractivity (Wildman–Crippen MR) is 47.1 cm³/mol. The number of hydrogen-bond donors (Lipinski definition) is 1. The van der Waals surface area contributed by atoms with E-state index < -0.39 is 15.9 Å². The fraction of sp³-hybridized carbons (Fsp3) is 0.143. The maximum Gasteiger partial charge on any atom is 0.269 e. The van der Waals surface area contributed by atoms with Gasteiger partial charge in [-0.2, -0.15) is 8.42 Å². The minimum Gasteiger partial charge on any atom is -0.285 e. The summed E-state index contributed by atoms with van der Waals surface area (Å²) in [5.41, 5.74) is 0.222. The van der Waals surface area contributed by atoms with Gasteiger partial charge in [0.15, 0.2) is 0 Å². The second-order valence-electron chi connectivity index (χ2n) is 2.45. The van der Waals surface area contributed by atoms with Gasteiger partial charge in [0.2, 0.25) is 0 Å². The number of rotatable bonds is 3. The Kier molecular flexibility index (Phi) is 2.74. The van der Waals surface area contributed by atoms with Crippen LogP contribution in [0.3, 0.4) is 0 Å². The third kappa shape index (κ3) is 2.92. The second kappa shape index (κ2) is 3.63. The summed E-state index contributed by atoms with van der Waals surface area (Å²) in [6.07, 6.45) is 0. The zero-order chi connectivity index (χ0) is 9.90. The highest BCUT2D eigenvalue weighted by atomic mass is 32.2. The lowest BCUT2D eigenvalue weighted by molar-refractivity contribution is 0.482. The van der Waals surface area contributed by atoms with Crippen molar-refractivity contribution in [1.29, 1.82) is 0 Å². The van der Waals surface area contributed by atoms with Gasteiger partial charge in [-0.1, -0.05) is 18.2 Å². The normalized spacial score (nSPS) is 11.2. The topological polar surface area (TPSA) is 83.8 Å². The quantitative estimate of drug-likeness (QED) is 0.592. The Morgan fingerprint density at radius 3 is 2.46 bits per heavy atom. The number of nitroso groups, excluding NO2 is 1. The maximum absolute atomic E-state index is 10.5. The summed E-state index contributed by atoms with van der Waals surface area (Å²) in [5.74, 6) is -0.588. The summed E-state index contributed by atoms with van der Waals surface area (Å²) in [7, 11) is -4.11. The molecule has 0 unspecified atom stereocenters. The van der Waals surface area contributed by atoms with Crippen LogP contribution in [0.2, 0.25) is 0 Å². The van der Waals surface area contributed by atoms with E-state index in [2.05, 4.69) is 5.18 Å². The van der Waals surface area contributed by atoms with E-state index in [1.165, 1.54) is 12.1 Å². The Balaban J connectivity index is 3.08. The van der Waals surface area contributed by atoms with Crippen molar-refractivity contribution in [2.45, 2.75) is 5.75 Å². The van der Waals surface area contributed by atoms with Gasteiger partial charge in [-0.3, -0.25) is 4.55 Å². The molecule has 5 nitrogen and oxygen atoms in total. The van der Waals surface area contributed by atoms with Crippen molar-refractivity contribution in [2.75, 3.05) is 0 Å². The lowest BCUT2D eigenvalue weighted by Crippen LogP contribution is -2.01. The molecule has 1 rings (SSSR count). The van der Waals surface area contributed by atoms with Crippen LogP contribution in [0.5, 0.6) is 0 Å². The summed E-state index contributed by atoms with van der Waals surface area (Å²) in [6, 6.07) is 5.93. The molecule has 13 heavy (non-hydrogen) atoms. The molecule has 0 aliphatic rings. The second-order valence-corrected chi connectivity index (χ2v) is 3.90. The highest BCUT2D eigenvalue weighted by Crippen LogP contribution is 2.19. The summed E-state index contributed by atoms with van der Waals surface area (Å²) < 4.78 is 29.5.